The van der Waals surface area contributed by atoms with Gasteiger partial charge in [0, 0.05) is 16.8 Å². The van der Waals surface area contributed by atoms with Crippen molar-refractivity contribution in [2.24, 2.45) is 0 Å². The summed E-state index contributed by atoms with van der Waals surface area (Å²) in [6.45, 7) is 2.46. The third-order valence-corrected chi connectivity index (χ3v) is 6.66. The second-order valence-electron chi connectivity index (χ2n) is 5.85. The van der Waals surface area contributed by atoms with Gasteiger partial charge in [-0.15, -0.1) is 0 Å². The van der Waals surface area contributed by atoms with Gasteiger partial charge in [-0.25, -0.2) is 12.8 Å². The minimum Gasteiger partial charge on any atom is -0.348 e. The predicted molar refractivity (Wildman–Crippen MR) is 87.6 cm³/mol. The number of carbonyl (C=O) groups is 1. The molecule has 0 aliphatic carbocycles. The van der Waals surface area contributed by atoms with Crippen molar-refractivity contribution in [2.45, 2.75) is 30.6 Å². The molecule has 1 aromatic carbocycles. The lowest BCUT2D eigenvalue weighted by molar-refractivity contribution is -0.125. The van der Waals surface area contributed by atoms with E-state index in [1.165, 1.54) is 18.2 Å². The molecular weight excluding hydrogens is 343 g/mol. The van der Waals surface area contributed by atoms with Gasteiger partial charge in [0.2, 0.25) is 5.91 Å². The molecule has 8 heteroatoms. The zero-order chi connectivity index (χ0) is 17.3. The van der Waals surface area contributed by atoms with Gasteiger partial charge in [0.15, 0.2) is 14.6 Å². The fourth-order valence-electron chi connectivity index (χ4n) is 2.92. The van der Waals surface area contributed by atoms with Crippen LogP contribution in [0.2, 0.25) is 5.02 Å². The maximum absolute atomic E-state index is 14.0. The van der Waals surface area contributed by atoms with E-state index in [1.807, 2.05) is 0 Å². The normalized spacial score (nSPS) is 19.1. The highest BCUT2D eigenvalue weighted by molar-refractivity contribution is 7.92. The van der Waals surface area contributed by atoms with E-state index < -0.39 is 32.4 Å². The molecule has 1 aromatic rings. The van der Waals surface area contributed by atoms with Crippen molar-refractivity contribution in [3.8, 4) is 0 Å². The lowest BCUT2D eigenvalue weighted by Crippen LogP contribution is -2.57. The maximum atomic E-state index is 14.0. The van der Waals surface area contributed by atoms with E-state index in [1.54, 1.807) is 6.92 Å². The first-order chi connectivity index (χ1) is 10.7. The van der Waals surface area contributed by atoms with Crippen LogP contribution >= 0.6 is 11.6 Å². The van der Waals surface area contributed by atoms with Crippen LogP contribution in [-0.4, -0.2) is 38.4 Å². The minimum atomic E-state index is -3.61. The Morgan fingerprint density at radius 3 is 2.52 bits per heavy atom. The van der Waals surface area contributed by atoms with E-state index in [2.05, 4.69) is 10.6 Å². The summed E-state index contributed by atoms with van der Waals surface area (Å²) in [5.41, 5.74) is 0.153. The summed E-state index contributed by atoms with van der Waals surface area (Å²) in [5, 5.41) is 5.86. The summed E-state index contributed by atoms with van der Waals surface area (Å²) >= 11 is 6.00. The first kappa shape index (κ1) is 18.2. The molecule has 1 fully saturated rings. The number of amides is 1. The molecule has 1 heterocycles. The number of halogens is 2. The third kappa shape index (κ3) is 3.51. The SMILES string of the molecule is CC(NC(=O)C1(S(C)(=O)=O)CCNCC1)c1c(F)cccc1Cl. The Hall–Kier alpha value is -1.18. The summed E-state index contributed by atoms with van der Waals surface area (Å²) in [4.78, 5) is 12.7. The van der Waals surface area contributed by atoms with Crippen molar-refractivity contribution >= 4 is 27.3 Å². The molecule has 128 valence electrons. The molecule has 0 aromatic heterocycles. The first-order valence-electron chi connectivity index (χ1n) is 7.34. The molecule has 23 heavy (non-hydrogen) atoms. The summed E-state index contributed by atoms with van der Waals surface area (Å²) in [6.07, 6.45) is 1.45. The Balaban J connectivity index is 2.29. The van der Waals surface area contributed by atoms with Crippen molar-refractivity contribution in [2.75, 3.05) is 19.3 Å². The molecule has 1 unspecified atom stereocenters. The Labute approximate surface area is 140 Å². The molecule has 5 nitrogen and oxygen atoms in total. The molecule has 0 bridgehead atoms. The second-order valence-corrected chi connectivity index (χ2v) is 8.58. The third-order valence-electron chi connectivity index (χ3n) is 4.32. The van der Waals surface area contributed by atoms with E-state index in [4.69, 9.17) is 11.6 Å². The lowest BCUT2D eigenvalue weighted by atomic mass is 9.95. The van der Waals surface area contributed by atoms with Crippen molar-refractivity contribution in [1.29, 1.82) is 0 Å². The number of sulfone groups is 1. The van der Waals surface area contributed by atoms with Crippen LogP contribution in [-0.2, 0) is 14.6 Å². The zero-order valence-electron chi connectivity index (χ0n) is 13.0. The summed E-state index contributed by atoms with van der Waals surface area (Å²) in [5.74, 6) is -1.14. The van der Waals surface area contributed by atoms with Gasteiger partial charge in [0.05, 0.1) is 6.04 Å². The molecule has 1 aliphatic heterocycles. The number of hydrogen-bond acceptors (Lipinski definition) is 4. The molecule has 1 saturated heterocycles. The highest BCUT2D eigenvalue weighted by atomic mass is 35.5. The number of nitrogens with one attached hydrogen (secondary N) is 2. The van der Waals surface area contributed by atoms with E-state index in [0.29, 0.717) is 13.1 Å². The van der Waals surface area contributed by atoms with Gasteiger partial charge in [0.25, 0.3) is 0 Å². The maximum Gasteiger partial charge on any atom is 0.242 e. The topological polar surface area (TPSA) is 75.3 Å². The van der Waals surface area contributed by atoms with Crippen LogP contribution in [0.5, 0.6) is 0 Å². The number of piperidine rings is 1. The van der Waals surface area contributed by atoms with Crippen molar-refractivity contribution in [1.82, 2.24) is 10.6 Å². The quantitative estimate of drug-likeness (QED) is 0.856. The van der Waals surface area contributed by atoms with E-state index >= 15 is 0 Å². The Bertz CT molecular complexity index is 682. The van der Waals surface area contributed by atoms with Crippen LogP contribution < -0.4 is 10.6 Å². The largest absolute Gasteiger partial charge is 0.348 e. The first-order valence-corrected chi connectivity index (χ1v) is 9.61. The van der Waals surface area contributed by atoms with Gasteiger partial charge in [-0.3, -0.25) is 4.79 Å². The van der Waals surface area contributed by atoms with Gasteiger partial charge in [0.1, 0.15) is 5.82 Å². The highest BCUT2D eigenvalue weighted by Crippen LogP contribution is 2.31. The summed E-state index contributed by atoms with van der Waals surface area (Å²) in [7, 11) is -3.61. The standard InChI is InChI=1S/C15H20ClFN2O3S/c1-10(13-11(16)4-3-5-12(13)17)19-14(20)15(23(2,21)22)6-8-18-9-7-15/h3-5,10,18H,6-9H2,1-2H3,(H,19,20). The van der Waals surface area contributed by atoms with Gasteiger partial charge >= 0.3 is 0 Å². The Kier molecular flexibility index (Phi) is 5.33. The lowest BCUT2D eigenvalue weighted by Gasteiger charge is -2.35. The predicted octanol–water partition coefficient (Wildman–Crippen LogP) is 1.82. The van der Waals surface area contributed by atoms with Crippen LogP contribution in [0.25, 0.3) is 0 Å². The van der Waals surface area contributed by atoms with Crippen LogP contribution in [0.1, 0.15) is 31.4 Å². The van der Waals surface area contributed by atoms with E-state index in [9.17, 15) is 17.6 Å². The van der Waals surface area contributed by atoms with Crippen LogP contribution in [0.3, 0.4) is 0 Å². The molecule has 2 rings (SSSR count). The average Bonchev–Trinajstić information content (AvgIpc) is 2.46. The fourth-order valence-corrected chi connectivity index (χ4v) is 4.59. The van der Waals surface area contributed by atoms with Gasteiger partial charge in [-0.05, 0) is 45.0 Å². The van der Waals surface area contributed by atoms with Crippen LogP contribution in [0.4, 0.5) is 4.39 Å². The highest BCUT2D eigenvalue weighted by Gasteiger charge is 2.49. The number of hydrogen-bond donors (Lipinski definition) is 2. The molecule has 2 N–H and O–H groups in total. The zero-order valence-corrected chi connectivity index (χ0v) is 14.6. The molecule has 0 saturated carbocycles. The monoisotopic (exact) mass is 362 g/mol. The van der Waals surface area contributed by atoms with E-state index in [0.717, 1.165) is 6.26 Å². The van der Waals surface area contributed by atoms with Crippen LogP contribution in [0, 0.1) is 5.82 Å². The summed E-state index contributed by atoms with van der Waals surface area (Å²) in [6, 6.07) is 3.52. The molecule has 1 aliphatic rings. The number of rotatable bonds is 4. The molecule has 0 radical (unpaired) electrons. The van der Waals surface area contributed by atoms with Crippen molar-refractivity contribution in [3.05, 3.63) is 34.6 Å². The van der Waals surface area contributed by atoms with Gasteiger partial charge in [-0.1, -0.05) is 17.7 Å². The Morgan fingerprint density at radius 1 is 1.39 bits per heavy atom. The smallest absolute Gasteiger partial charge is 0.242 e. The molecule has 1 amide bonds. The molecule has 1 atom stereocenters. The molecular formula is C15H20ClFN2O3S. The van der Waals surface area contributed by atoms with E-state index in [-0.39, 0.29) is 23.4 Å². The van der Waals surface area contributed by atoms with Crippen molar-refractivity contribution < 1.29 is 17.6 Å². The summed E-state index contributed by atoms with van der Waals surface area (Å²) < 4.78 is 36.9. The Morgan fingerprint density at radius 2 is 2.00 bits per heavy atom. The van der Waals surface area contributed by atoms with Gasteiger partial charge in [-0.2, -0.15) is 0 Å². The number of benzene rings is 1. The number of carbonyl (C=O) groups excluding carboxylic acids is 1. The molecule has 0 spiro atoms. The average molecular weight is 363 g/mol. The second kappa shape index (κ2) is 6.75. The minimum absolute atomic E-state index is 0.153. The van der Waals surface area contributed by atoms with Crippen LogP contribution in [0.15, 0.2) is 18.2 Å². The fraction of sp³-hybridized carbons (Fsp3) is 0.533. The van der Waals surface area contributed by atoms with Crippen molar-refractivity contribution in [3.63, 3.8) is 0 Å². The van der Waals surface area contributed by atoms with Gasteiger partial charge < -0.3 is 10.6 Å².